The summed E-state index contributed by atoms with van der Waals surface area (Å²) >= 11 is 0. The summed E-state index contributed by atoms with van der Waals surface area (Å²) in [5.74, 6) is 1.19. The molecule has 0 amide bonds. The molecule has 7 nitrogen and oxygen atoms in total. The summed E-state index contributed by atoms with van der Waals surface area (Å²) in [6.07, 6.45) is 1.82. The minimum Gasteiger partial charge on any atom is -0.369 e. The van der Waals surface area contributed by atoms with Crippen molar-refractivity contribution in [3.05, 3.63) is 54.1 Å². The Morgan fingerprint density at radius 1 is 1.07 bits per heavy atom. The van der Waals surface area contributed by atoms with E-state index in [0.717, 1.165) is 35.9 Å². The third-order valence-corrected chi connectivity index (χ3v) is 6.80. The topological polar surface area (TPSA) is 89.2 Å². The van der Waals surface area contributed by atoms with E-state index in [1.54, 1.807) is 12.1 Å². The lowest BCUT2D eigenvalue weighted by atomic mass is 10.1. The minimum absolute atomic E-state index is 0.135. The number of hydrogen-bond donors (Lipinski definition) is 1. The number of para-hydroxylation sites is 1. The number of fused-ring (bicyclic) bond motifs is 3. The zero-order valence-corrected chi connectivity index (χ0v) is 18.1. The van der Waals surface area contributed by atoms with Crippen LogP contribution >= 0.6 is 0 Å². The highest BCUT2D eigenvalue weighted by atomic mass is 32.2. The van der Waals surface area contributed by atoms with Crippen LogP contribution in [0.4, 0.5) is 5.82 Å². The van der Waals surface area contributed by atoms with Gasteiger partial charge in [-0.3, -0.25) is 0 Å². The lowest BCUT2D eigenvalue weighted by molar-refractivity contribution is 0.592. The van der Waals surface area contributed by atoms with Gasteiger partial charge in [0.25, 0.3) is 0 Å². The molecule has 0 saturated heterocycles. The second-order valence-electron chi connectivity index (χ2n) is 7.72. The average Bonchev–Trinajstić information content (AvgIpc) is 3.18. The number of rotatable bonds is 7. The van der Waals surface area contributed by atoms with Gasteiger partial charge in [-0.05, 0) is 48.6 Å². The first-order valence-corrected chi connectivity index (χ1v) is 11.6. The molecule has 0 aliphatic heterocycles. The Morgan fingerprint density at radius 2 is 1.80 bits per heavy atom. The Labute approximate surface area is 176 Å². The highest BCUT2D eigenvalue weighted by Gasteiger charge is 2.27. The van der Waals surface area contributed by atoms with Gasteiger partial charge < -0.3 is 5.32 Å². The molecule has 0 atom stereocenters. The summed E-state index contributed by atoms with van der Waals surface area (Å²) in [7, 11) is -3.85. The zero-order valence-electron chi connectivity index (χ0n) is 17.3. The van der Waals surface area contributed by atoms with Crippen LogP contribution in [-0.4, -0.2) is 34.8 Å². The van der Waals surface area contributed by atoms with E-state index < -0.39 is 9.84 Å². The van der Waals surface area contributed by atoms with Crippen LogP contribution in [0, 0.1) is 5.92 Å². The summed E-state index contributed by atoms with van der Waals surface area (Å²) in [6, 6.07) is 14.5. The highest BCUT2D eigenvalue weighted by molar-refractivity contribution is 7.91. The third-order valence-electron chi connectivity index (χ3n) is 5.13. The summed E-state index contributed by atoms with van der Waals surface area (Å²) in [5.41, 5.74) is 2.05. The molecule has 0 aliphatic rings. The van der Waals surface area contributed by atoms with Gasteiger partial charge in [-0.25, -0.2) is 13.4 Å². The van der Waals surface area contributed by atoms with Crippen molar-refractivity contribution in [1.29, 1.82) is 0 Å². The standard InChI is InChI=1S/C22H25N5O2S/c1-4-16-9-11-17(12-10-16)30(28,29)22-21-24-20(23-14-13-15(2)3)18-7-5-6-8-19(18)27(21)26-25-22/h5-12,15H,4,13-14H2,1-3H3,(H,23,24). The van der Waals surface area contributed by atoms with Crippen molar-refractivity contribution >= 4 is 32.2 Å². The van der Waals surface area contributed by atoms with Crippen molar-refractivity contribution in [2.75, 3.05) is 11.9 Å². The van der Waals surface area contributed by atoms with Gasteiger partial charge in [0.2, 0.25) is 14.9 Å². The van der Waals surface area contributed by atoms with E-state index >= 15 is 0 Å². The largest absolute Gasteiger partial charge is 0.369 e. The highest BCUT2D eigenvalue weighted by Crippen LogP contribution is 2.28. The van der Waals surface area contributed by atoms with E-state index in [1.807, 2.05) is 43.3 Å². The number of aryl methyl sites for hydroxylation is 1. The molecule has 30 heavy (non-hydrogen) atoms. The Morgan fingerprint density at radius 3 is 2.50 bits per heavy atom. The van der Waals surface area contributed by atoms with E-state index in [2.05, 4.69) is 34.5 Å². The molecule has 4 aromatic rings. The Kier molecular flexibility index (Phi) is 5.42. The van der Waals surface area contributed by atoms with Crippen LogP contribution in [0.5, 0.6) is 0 Å². The van der Waals surface area contributed by atoms with Gasteiger partial charge in [-0.15, -0.1) is 5.10 Å². The maximum absolute atomic E-state index is 13.3. The Balaban J connectivity index is 1.86. The fourth-order valence-electron chi connectivity index (χ4n) is 3.35. The predicted molar refractivity (Wildman–Crippen MR) is 118 cm³/mol. The van der Waals surface area contributed by atoms with E-state index in [9.17, 15) is 8.42 Å². The Bertz CT molecular complexity index is 1290. The maximum atomic E-state index is 13.3. The number of nitrogens with zero attached hydrogens (tertiary/aromatic N) is 4. The van der Waals surface area contributed by atoms with E-state index in [-0.39, 0.29) is 15.6 Å². The van der Waals surface area contributed by atoms with Crippen LogP contribution in [-0.2, 0) is 16.3 Å². The molecule has 156 valence electrons. The minimum atomic E-state index is -3.85. The molecular weight excluding hydrogens is 398 g/mol. The van der Waals surface area contributed by atoms with Crippen LogP contribution in [0.1, 0.15) is 32.8 Å². The van der Waals surface area contributed by atoms with Crippen molar-refractivity contribution in [3.63, 3.8) is 0 Å². The molecular formula is C22H25N5O2S. The van der Waals surface area contributed by atoms with Crippen LogP contribution < -0.4 is 5.32 Å². The molecule has 0 unspecified atom stereocenters. The summed E-state index contributed by atoms with van der Waals surface area (Å²) < 4.78 is 28.1. The van der Waals surface area contributed by atoms with Crippen LogP contribution in [0.25, 0.3) is 16.6 Å². The van der Waals surface area contributed by atoms with Gasteiger partial charge in [-0.1, -0.05) is 50.3 Å². The first kappa shape index (κ1) is 20.3. The van der Waals surface area contributed by atoms with E-state index in [1.165, 1.54) is 4.52 Å². The monoisotopic (exact) mass is 423 g/mol. The van der Waals surface area contributed by atoms with E-state index in [4.69, 9.17) is 0 Å². The molecule has 0 fully saturated rings. The molecule has 4 rings (SSSR count). The third kappa shape index (κ3) is 3.63. The fourth-order valence-corrected chi connectivity index (χ4v) is 4.58. The number of sulfone groups is 1. The van der Waals surface area contributed by atoms with Crippen LogP contribution in [0.3, 0.4) is 0 Å². The zero-order chi connectivity index (χ0) is 21.3. The second-order valence-corrected chi connectivity index (χ2v) is 9.58. The van der Waals surface area contributed by atoms with Crippen molar-refractivity contribution in [1.82, 2.24) is 19.8 Å². The quantitative estimate of drug-likeness (QED) is 0.481. The Hall–Kier alpha value is -3.00. The average molecular weight is 424 g/mol. The van der Waals surface area contributed by atoms with Crippen molar-refractivity contribution in [3.8, 4) is 0 Å². The second kappa shape index (κ2) is 8.02. The number of aromatic nitrogens is 4. The smallest absolute Gasteiger partial charge is 0.229 e. The lowest BCUT2D eigenvalue weighted by Gasteiger charge is -2.11. The molecule has 8 heteroatoms. The van der Waals surface area contributed by atoms with Gasteiger partial charge in [-0.2, -0.15) is 4.52 Å². The number of benzene rings is 2. The summed E-state index contributed by atoms with van der Waals surface area (Å²) in [5, 5.41) is 12.2. The van der Waals surface area contributed by atoms with Gasteiger partial charge >= 0.3 is 0 Å². The maximum Gasteiger partial charge on any atom is 0.229 e. The SMILES string of the molecule is CCc1ccc(S(=O)(=O)c2nnn3c2nc(NCCC(C)C)c2ccccc23)cc1. The number of nitrogens with one attached hydrogen (secondary N) is 1. The van der Waals surface area contributed by atoms with Gasteiger partial charge in [0.15, 0.2) is 5.65 Å². The molecule has 0 radical (unpaired) electrons. The number of hydrogen-bond acceptors (Lipinski definition) is 6. The fraction of sp³-hybridized carbons (Fsp3) is 0.318. The lowest BCUT2D eigenvalue weighted by Crippen LogP contribution is -2.09. The summed E-state index contributed by atoms with van der Waals surface area (Å²) in [6.45, 7) is 7.09. The normalized spacial score (nSPS) is 12.1. The van der Waals surface area contributed by atoms with Gasteiger partial charge in [0, 0.05) is 11.9 Å². The van der Waals surface area contributed by atoms with Crippen molar-refractivity contribution < 1.29 is 8.42 Å². The van der Waals surface area contributed by atoms with E-state index in [0.29, 0.717) is 11.7 Å². The predicted octanol–water partition coefficient (Wildman–Crippen LogP) is 4.13. The molecule has 2 aromatic carbocycles. The molecule has 0 spiro atoms. The first-order chi connectivity index (χ1) is 14.4. The van der Waals surface area contributed by atoms with Crippen molar-refractivity contribution in [2.24, 2.45) is 5.92 Å². The molecule has 2 aromatic heterocycles. The van der Waals surface area contributed by atoms with Gasteiger partial charge in [0.1, 0.15) is 5.82 Å². The first-order valence-electron chi connectivity index (χ1n) is 10.1. The summed E-state index contributed by atoms with van der Waals surface area (Å²) in [4.78, 5) is 4.82. The molecule has 0 saturated carbocycles. The van der Waals surface area contributed by atoms with Gasteiger partial charge in [0.05, 0.1) is 10.4 Å². The van der Waals surface area contributed by atoms with Crippen LogP contribution in [0.15, 0.2) is 58.5 Å². The molecule has 0 aliphatic carbocycles. The molecule has 1 N–H and O–H groups in total. The van der Waals surface area contributed by atoms with Crippen molar-refractivity contribution in [2.45, 2.75) is 43.5 Å². The molecule has 0 bridgehead atoms. The molecule has 2 heterocycles. The number of anilines is 1. The van der Waals surface area contributed by atoms with Crippen LogP contribution in [0.2, 0.25) is 0 Å².